The van der Waals surface area contributed by atoms with Crippen molar-refractivity contribution in [1.29, 1.82) is 0 Å². The van der Waals surface area contributed by atoms with Crippen LogP contribution >= 0.6 is 0 Å². The van der Waals surface area contributed by atoms with Crippen LogP contribution in [0, 0.1) is 0 Å². The number of hydrogen-bond acceptors (Lipinski definition) is 1. The first-order valence-electron chi connectivity index (χ1n) is 4.20. The van der Waals surface area contributed by atoms with Gasteiger partial charge in [0, 0.05) is 23.0 Å². The van der Waals surface area contributed by atoms with E-state index in [4.69, 9.17) is 0 Å². The van der Waals surface area contributed by atoms with E-state index >= 15 is 0 Å². The fraction of sp³-hybridized carbons (Fsp3) is 0.0909. The normalized spacial score (nSPS) is 17.7. The molecule has 1 saturated heterocycles. The van der Waals surface area contributed by atoms with Gasteiger partial charge < -0.3 is 5.32 Å². The van der Waals surface area contributed by atoms with E-state index in [0.29, 0.717) is 0 Å². The van der Waals surface area contributed by atoms with Gasteiger partial charge in [-0.05, 0) is 11.3 Å². The van der Waals surface area contributed by atoms with Crippen LogP contribution in [0.4, 0.5) is 0 Å². The summed E-state index contributed by atoms with van der Waals surface area (Å²) in [6.07, 6.45) is 5.44. The van der Waals surface area contributed by atoms with Gasteiger partial charge >= 0.3 is 0 Å². The fourth-order valence-electron chi connectivity index (χ4n) is 1.74. The van der Waals surface area contributed by atoms with Crippen LogP contribution in [-0.2, 0) is 0 Å². The van der Waals surface area contributed by atoms with Gasteiger partial charge in [-0.1, -0.05) is 30.3 Å². The molecule has 4 rings (SSSR count). The highest BCUT2D eigenvalue weighted by Gasteiger charge is 2.15. The maximum absolute atomic E-state index is 3.34. The Labute approximate surface area is 70.7 Å². The highest BCUT2D eigenvalue weighted by atomic mass is 15.0. The molecule has 0 aromatic heterocycles. The number of fused-ring (bicyclic) bond motifs is 1. The summed E-state index contributed by atoms with van der Waals surface area (Å²) in [5, 5.41) is 6.03. The molecular weight excluding hydrogens is 146 g/mol. The number of hydrogen-bond donors (Lipinski definition) is 1. The first kappa shape index (κ1) is 6.06. The molecule has 1 aromatic carbocycles. The minimum Gasteiger partial charge on any atom is -0.361 e. The van der Waals surface area contributed by atoms with E-state index in [1.807, 2.05) is 0 Å². The molecule has 3 aliphatic rings. The molecule has 1 N–H and O–H groups in total. The highest BCUT2D eigenvalue weighted by molar-refractivity contribution is 5.63. The van der Waals surface area contributed by atoms with Crippen molar-refractivity contribution in [2.24, 2.45) is 0 Å². The number of allylic oxidation sites excluding steroid dienone is 1. The van der Waals surface area contributed by atoms with Gasteiger partial charge in [-0.25, -0.2) is 0 Å². The van der Waals surface area contributed by atoms with Crippen molar-refractivity contribution in [3.63, 3.8) is 0 Å². The third-order valence-corrected chi connectivity index (χ3v) is 2.43. The molecule has 12 heavy (non-hydrogen) atoms. The Kier molecular flexibility index (Phi) is 1.01. The molecule has 0 radical (unpaired) electrons. The molecule has 0 amide bonds. The Morgan fingerprint density at radius 2 is 1.92 bits per heavy atom. The lowest BCUT2D eigenvalue weighted by molar-refractivity contribution is 0.866. The predicted octanol–water partition coefficient (Wildman–Crippen LogP) is 0.466. The van der Waals surface area contributed by atoms with E-state index in [1.54, 1.807) is 0 Å². The largest absolute Gasteiger partial charge is 0.361 e. The van der Waals surface area contributed by atoms with Gasteiger partial charge in [0.1, 0.15) is 0 Å². The third-order valence-electron chi connectivity index (χ3n) is 2.43. The highest BCUT2D eigenvalue weighted by Crippen LogP contribution is 2.19. The molecule has 0 spiro atoms. The zero-order chi connectivity index (χ0) is 7.97. The van der Waals surface area contributed by atoms with Crippen LogP contribution in [0.25, 0.3) is 11.8 Å². The Hall–Kier alpha value is -1.50. The summed E-state index contributed by atoms with van der Waals surface area (Å²) >= 11 is 0. The van der Waals surface area contributed by atoms with Gasteiger partial charge in [0.2, 0.25) is 0 Å². The van der Waals surface area contributed by atoms with Crippen LogP contribution in [-0.4, -0.2) is 0 Å². The molecule has 0 unspecified atom stereocenters. The molecule has 2 aliphatic heterocycles. The first-order valence-corrected chi connectivity index (χ1v) is 4.20. The second-order valence-electron chi connectivity index (χ2n) is 3.23. The summed E-state index contributed by atoms with van der Waals surface area (Å²) in [7, 11) is 0. The lowest BCUT2D eigenvalue weighted by Gasteiger charge is -2.23. The Bertz CT molecular complexity index is 470. The van der Waals surface area contributed by atoms with Crippen LogP contribution in [0.15, 0.2) is 36.0 Å². The first-order chi connectivity index (χ1) is 5.93. The second-order valence-corrected chi connectivity index (χ2v) is 3.23. The van der Waals surface area contributed by atoms with Gasteiger partial charge in [0.25, 0.3) is 0 Å². The Morgan fingerprint density at radius 1 is 1.08 bits per heavy atom. The maximum atomic E-state index is 3.34. The van der Waals surface area contributed by atoms with Gasteiger partial charge in [-0.3, -0.25) is 0 Å². The topological polar surface area (TPSA) is 12.0 Å². The van der Waals surface area contributed by atoms with Gasteiger partial charge in [0.05, 0.1) is 0 Å². The van der Waals surface area contributed by atoms with E-state index in [-0.39, 0.29) is 0 Å². The predicted molar refractivity (Wildman–Crippen MR) is 49.4 cm³/mol. The lowest BCUT2D eigenvalue weighted by Crippen LogP contribution is -2.35. The van der Waals surface area contributed by atoms with Crippen molar-refractivity contribution in [3.8, 4) is 0 Å². The Morgan fingerprint density at radius 3 is 2.83 bits per heavy atom. The average molecular weight is 155 g/mol. The smallest absolute Gasteiger partial charge is 0.0287 e. The summed E-state index contributed by atoms with van der Waals surface area (Å²) in [6, 6.07) is 8.49. The van der Waals surface area contributed by atoms with Gasteiger partial charge in [0.15, 0.2) is 0 Å². The summed E-state index contributed by atoms with van der Waals surface area (Å²) in [6.45, 7) is 0. The van der Waals surface area contributed by atoms with Crippen LogP contribution in [0.1, 0.15) is 6.42 Å². The standard InChI is InChI=1S/C11H9N/c1-2-4-10-8(3-1)5-6-9-7-11(10)12-9/h1-6,12H,7H2. The van der Waals surface area contributed by atoms with E-state index in [2.05, 4.69) is 41.7 Å². The van der Waals surface area contributed by atoms with Gasteiger partial charge in [-0.15, -0.1) is 0 Å². The van der Waals surface area contributed by atoms with E-state index in [0.717, 1.165) is 6.42 Å². The second kappa shape index (κ2) is 2.01. The average Bonchev–Trinajstić information content (AvgIpc) is 2.30. The Balaban J connectivity index is 2.52. The summed E-state index contributed by atoms with van der Waals surface area (Å²) in [4.78, 5) is 0. The number of rotatable bonds is 0. The van der Waals surface area contributed by atoms with Crippen LogP contribution < -0.4 is 15.8 Å². The third kappa shape index (κ3) is 0.681. The van der Waals surface area contributed by atoms with Crippen molar-refractivity contribution >= 4 is 11.8 Å². The minimum absolute atomic E-state index is 1.10. The van der Waals surface area contributed by atoms with Crippen molar-refractivity contribution in [1.82, 2.24) is 5.32 Å². The molecule has 1 fully saturated rings. The molecular formula is C11H9N. The molecule has 1 aliphatic carbocycles. The summed E-state index contributed by atoms with van der Waals surface area (Å²) < 4.78 is 0. The molecule has 0 atom stereocenters. The van der Waals surface area contributed by atoms with Crippen molar-refractivity contribution in [2.45, 2.75) is 6.42 Å². The molecule has 0 saturated carbocycles. The van der Waals surface area contributed by atoms with Crippen LogP contribution in [0.5, 0.6) is 0 Å². The van der Waals surface area contributed by atoms with Crippen LogP contribution in [0.2, 0.25) is 0 Å². The summed E-state index contributed by atoms with van der Waals surface area (Å²) in [5.41, 5.74) is 2.70. The molecule has 1 nitrogen and oxygen atoms in total. The van der Waals surface area contributed by atoms with E-state index in [9.17, 15) is 0 Å². The maximum Gasteiger partial charge on any atom is 0.0287 e. The molecule has 1 heteroatoms. The molecule has 1 aromatic rings. The van der Waals surface area contributed by atoms with Gasteiger partial charge in [-0.2, -0.15) is 0 Å². The number of nitrogens with one attached hydrogen (secondary N) is 1. The fourth-order valence-corrected chi connectivity index (χ4v) is 1.74. The van der Waals surface area contributed by atoms with E-state index < -0.39 is 0 Å². The van der Waals surface area contributed by atoms with Crippen molar-refractivity contribution in [3.05, 3.63) is 46.5 Å². The quantitative estimate of drug-likeness (QED) is 0.574. The SMILES string of the molecule is C1=C2CC(=c3ccccc3=C1)N2. The zero-order valence-electron chi connectivity index (χ0n) is 6.67. The minimum atomic E-state index is 1.10. The summed E-state index contributed by atoms with van der Waals surface area (Å²) in [5.74, 6) is 0. The molecule has 58 valence electrons. The van der Waals surface area contributed by atoms with Crippen molar-refractivity contribution in [2.75, 3.05) is 0 Å². The lowest BCUT2D eigenvalue weighted by atomic mass is 10.1. The van der Waals surface area contributed by atoms with E-state index in [1.165, 1.54) is 21.8 Å². The molecule has 2 heterocycles. The monoisotopic (exact) mass is 155 g/mol. The zero-order valence-corrected chi connectivity index (χ0v) is 6.67. The number of benzene rings is 1. The van der Waals surface area contributed by atoms with Crippen molar-refractivity contribution < 1.29 is 0 Å². The molecule has 2 bridgehead atoms. The van der Waals surface area contributed by atoms with Crippen LogP contribution in [0.3, 0.4) is 0 Å².